The third kappa shape index (κ3) is 4.00. The molecule has 2 nitrogen and oxygen atoms in total. The summed E-state index contributed by atoms with van der Waals surface area (Å²) in [6, 6.07) is 12.9. The molecule has 0 atom stereocenters. The van der Waals surface area contributed by atoms with Gasteiger partial charge in [-0.05, 0) is 42.7 Å². The monoisotopic (exact) mass is 272 g/mol. The third-order valence-electron chi connectivity index (χ3n) is 2.87. The quantitative estimate of drug-likeness (QED) is 0.847. The number of hydrogen-bond acceptors (Lipinski definition) is 3. The summed E-state index contributed by atoms with van der Waals surface area (Å²) in [4.78, 5) is 6.76. The number of nitrogens with one attached hydrogen (secondary N) is 1. The fraction of sp³-hybridized carbons (Fsp3) is 0.312. The second-order valence-electron chi connectivity index (χ2n) is 4.73. The van der Waals surface area contributed by atoms with Gasteiger partial charge in [-0.3, -0.25) is 0 Å². The van der Waals surface area contributed by atoms with E-state index in [0.717, 1.165) is 12.4 Å². The molecule has 3 heteroatoms. The first-order valence-corrected chi connectivity index (χ1v) is 7.48. The predicted molar refractivity (Wildman–Crippen MR) is 83.1 cm³/mol. The lowest BCUT2D eigenvalue weighted by Crippen LogP contribution is -1.98. The number of anilines is 1. The number of benzene rings is 1. The van der Waals surface area contributed by atoms with Crippen molar-refractivity contribution in [3.63, 3.8) is 0 Å². The molecule has 100 valence electrons. The lowest BCUT2D eigenvalue weighted by Gasteiger charge is -2.08. The molecule has 0 aliphatic rings. The maximum atomic E-state index is 4.28. The normalized spacial score (nSPS) is 10.7. The molecule has 0 radical (unpaired) electrons. The highest BCUT2D eigenvalue weighted by atomic mass is 32.2. The van der Waals surface area contributed by atoms with Crippen LogP contribution in [0, 0.1) is 0 Å². The van der Waals surface area contributed by atoms with E-state index in [1.807, 2.05) is 12.3 Å². The molecule has 2 aromatic rings. The van der Waals surface area contributed by atoms with E-state index in [1.54, 1.807) is 11.8 Å². The first-order valence-electron chi connectivity index (χ1n) is 6.66. The number of pyridine rings is 1. The van der Waals surface area contributed by atoms with Crippen LogP contribution in [0.1, 0.15) is 32.3 Å². The van der Waals surface area contributed by atoms with Crippen LogP contribution in [0.4, 0.5) is 5.82 Å². The molecule has 0 bridgehead atoms. The van der Waals surface area contributed by atoms with Crippen LogP contribution in [0.5, 0.6) is 0 Å². The van der Waals surface area contributed by atoms with Crippen LogP contribution < -0.4 is 5.32 Å². The Balaban J connectivity index is 2.10. The molecule has 0 spiro atoms. The molecule has 0 saturated carbocycles. The standard InChI is InChI=1S/C16H20N2S/c1-4-17-16-11-15(9-10-18-16)19-14-7-5-13(6-8-14)12(2)3/h5-12H,4H2,1-3H3,(H,17,18). The van der Waals surface area contributed by atoms with Gasteiger partial charge >= 0.3 is 0 Å². The molecule has 19 heavy (non-hydrogen) atoms. The van der Waals surface area contributed by atoms with Gasteiger partial charge in [0.2, 0.25) is 0 Å². The van der Waals surface area contributed by atoms with Crippen LogP contribution in [-0.4, -0.2) is 11.5 Å². The average Bonchev–Trinajstić information content (AvgIpc) is 2.40. The summed E-state index contributed by atoms with van der Waals surface area (Å²) in [7, 11) is 0. The van der Waals surface area contributed by atoms with Gasteiger partial charge in [-0.1, -0.05) is 37.7 Å². The summed E-state index contributed by atoms with van der Waals surface area (Å²) >= 11 is 1.77. The van der Waals surface area contributed by atoms with Crippen molar-refractivity contribution in [2.24, 2.45) is 0 Å². The van der Waals surface area contributed by atoms with Crippen molar-refractivity contribution in [2.75, 3.05) is 11.9 Å². The molecule has 0 unspecified atom stereocenters. The summed E-state index contributed by atoms with van der Waals surface area (Å²) in [6.45, 7) is 7.40. The van der Waals surface area contributed by atoms with Gasteiger partial charge in [-0.15, -0.1) is 0 Å². The SMILES string of the molecule is CCNc1cc(Sc2ccc(C(C)C)cc2)ccn1. The summed E-state index contributed by atoms with van der Waals surface area (Å²) in [5, 5.41) is 3.23. The van der Waals surface area contributed by atoms with Gasteiger partial charge in [-0.25, -0.2) is 4.98 Å². The highest BCUT2D eigenvalue weighted by Gasteiger charge is 2.02. The van der Waals surface area contributed by atoms with Crippen LogP contribution in [0.2, 0.25) is 0 Å². The van der Waals surface area contributed by atoms with Crippen molar-refractivity contribution in [1.82, 2.24) is 4.98 Å². The smallest absolute Gasteiger partial charge is 0.126 e. The maximum Gasteiger partial charge on any atom is 0.126 e. The average molecular weight is 272 g/mol. The number of nitrogens with zero attached hydrogens (tertiary/aromatic N) is 1. The molecule has 0 aliphatic heterocycles. The van der Waals surface area contributed by atoms with E-state index in [2.05, 4.69) is 61.4 Å². The minimum absolute atomic E-state index is 0.584. The Bertz CT molecular complexity index is 521. The highest BCUT2D eigenvalue weighted by Crippen LogP contribution is 2.29. The second-order valence-corrected chi connectivity index (χ2v) is 5.88. The third-order valence-corrected chi connectivity index (χ3v) is 3.87. The van der Waals surface area contributed by atoms with E-state index >= 15 is 0 Å². The predicted octanol–water partition coefficient (Wildman–Crippen LogP) is 4.79. The molecular formula is C16H20N2S. The molecule has 1 heterocycles. The summed E-state index contributed by atoms with van der Waals surface area (Å²) < 4.78 is 0. The fourth-order valence-electron chi connectivity index (χ4n) is 1.81. The van der Waals surface area contributed by atoms with E-state index in [4.69, 9.17) is 0 Å². The second kappa shape index (κ2) is 6.62. The van der Waals surface area contributed by atoms with Gasteiger partial charge in [0.1, 0.15) is 5.82 Å². The van der Waals surface area contributed by atoms with Crippen molar-refractivity contribution in [2.45, 2.75) is 36.5 Å². The highest BCUT2D eigenvalue weighted by molar-refractivity contribution is 7.99. The van der Waals surface area contributed by atoms with Gasteiger partial charge in [-0.2, -0.15) is 0 Å². The lowest BCUT2D eigenvalue weighted by atomic mass is 10.0. The molecule has 2 rings (SSSR count). The minimum atomic E-state index is 0.584. The van der Waals surface area contributed by atoms with Crippen LogP contribution in [0.3, 0.4) is 0 Å². The van der Waals surface area contributed by atoms with Gasteiger partial charge in [0.15, 0.2) is 0 Å². The number of rotatable bonds is 5. The molecule has 1 aromatic heterocycles. The molecule has 1 aromatic carbocycles. The van der Waals surface area contributed by atoms with E-state index in [1.165, 1.54) is 15.4 Å². The first-order chi connectivity index (χ1) is 9.19. The van der Waals surface area contributed by atoms with Crippen LogP contribution >= 0.6 is 11.8 Å². The topological polar surface area (TPSA) is 24.9 Å². The fourth-order valence-corrected chi connectivity index (χ4v) is 2.65. The largest absolute Gasteiger partial charge is 0.370 e. The zero-order valence-electron chi connectivity index (χ0n) is 11.7. The Hall–Kier alpha value is -1.48. The van der Waals surface area contributed by atoms with Gasteiger partial charge in [0.25, 0.3) is 0 Å². The summed E-state index contributed by atoms with van der Waals surface area (Å²) in [5.41, 5.74) is 1.38. The van der Waals surface area contributed by atoms with Gasteiger partial charge < -0.3 is 5.32 Å². The number of aromatic nitrogens is 1. The van der Waals surface area contributed by atoms with Gasteiger partial charge in [0.05, 0.1) is 0 Å². The Kier molecular flexibility index (Phi) is 4.86. The molecule has 0 saturated heterocycles. The molecule has 0 amide bonds. The Morgan fingerprint density at radius 1 is 1.11 bits per heavy atom. The zero-order chi connectivity index (χ0) is 13.7. The molecule has 0 fully saturated rings. The van der Waals surface area contributed by atoms with E-state index < -0.39 is 0 Å². The van der Waals surface area contributed by atoms with Gasteiger partial charge in [0, 0.05) is 22.5 Å². The van der Waals surface area contributed by atoms with Crippen molar-refractivity contribution in [3.05, 3.63) is 48.2 Å². The van der Waals surface area contributed by atoms with Crippen molar-refractivity contribution in [1.29, 1.82) is 0 Å². The van der Waals surface area contributed by atoms with Crippen molar-refractivity contribution in [3.8, 4) is 0 Å². The van der Waals surface area contributed by atoms with Crippen molar-refractivity contribution < 1.29 is 0 Å². The summed E-state index contributed by atoms with van der Waals surface area (Å²) in [5.74, 6) is 1.52. The number of hydrogen-bond donors (Lipinski definition) is 1. The van der Waals surface area contributed by atoms with Crippen LogP contribution in [0.25, 0.3) is 0 Å². The Morgan fingerprint density at radius 2 is 1.84 bits per heavy atom. The lowest BCUT2D eigenvalue weighted by molar-refractivity contribution is 0.865. The van der Waals surface area contributed by atoms with Crippen LogP contribution in [-0.2, 0) is 0 Å². The van der Waals surface area contributed by atoms with E-state index in [9.17, 15) is 0 Å². The first kappa shape index (κ1) is 13.9. The molecule has 0 aliphatic carbocycles. The molecule has 1 N–H and O–H groups in total. The molecular weight excluding hydrogens is 252 g/mol. The van der Waals surface area contributed by atoms with Crippen LogP contribution in [0.15, 0.2) is 52.4 Å². The Morgan fingerprint density at radius 3 is 2.47 bits per heavy atom. The van der Waals surface area contributed by atoms with E-state index in [0.29, 0.717) is 5.92 Å². The Labute approximate surface area is 119 Å². The minimum Gasteiger partial charge on any atom is -0.370 e. The summed E-state index contributed by atoms with van der Waals surface area (Å²) in [6.07, 6.45) is 1.85. The van der Waals surface area contributed by atoms with E-state index in [-0.39, 0.29) is 0 Å². The van der Waals surface area contributed by atoms with Crippen molar-refractivity contribution >= 4 is 17.6 Å². The zero-order valence-corrected chi connectivity index (χ0v) is 12.5. The maximum absolute atomic E-state index is 4.28.